The summed E-state index contributed by atoms with van der Waals surface area (Å²) in [5, 5.41) is 4.43. The van der Waals surface area contributed by atoms with Gasteiger partial charge in [-0.1, -0.05) is 26.7 Å². The molecule has 1 rings (SSSR count). The predicted octanol–water partition coefficient (Wildman–Crippen LogP) is 4.32. The molecule has 0 spiro atoms. The Morgan fingerprint density at radius 1 is 1.18 bits per heavy atom. The molecule has 1 nitrogen and oxygen atoms in total. The highest BCUT2D eigenvalue weighted by Crippen LogP contribution is 2.31. The van der Waals surface area contributed by atoms with Crippen LogP contribution in [0.15, 0.2) is 0 Å². The van der Waals surface area contributed by atoms with Crippen LogP contribution in [0.1, 0.15) is 60.3 Å². The summed E-state index contributed by atoms with van der Waals surface area (Å²) in [6.45, 7) is 12.6. The number of thioether (sulfide) groups is 1. The van der Waals surface area contributed by atoms with Gasteiger partial charge in [0.1, 0.15) is 0 Å². The van der Waals surface area contributed by atoms with E-state index in [0.717, 1.165) is 23.6 Å². The minimum Gasteiger partial charge on any atom is -0.311 e. The van der Waals surface area contributed by atoms with Gasteiger partial charge in [0.15, 0.2) is 0 Å². The van der Waals surface area contributed by atoms with Crippen LogP contribution in [0.3, 0.4) is 0 Å². The zero-order valence-electron chi connectivity index (χ0n) is 12.4. The number of hydrogen-bond acceptors (Lipinski definition) is 2. The van der Waals surface area contributed by atoms with Gasteiger partial charge in [0.05, 0.1) is 0 Å². The van der Waals surface area contributed by atoms with Gasteiger partial charge in [-0.25, -0.2) is 0 Å². The Morgan fingerprint density at radius 2 is 1.76 bits per heavy atom. The number of rotatable bonds is 6. The van der Waals surface area contributed by atoms with E-state index in [1.165, 1.54) is 31.4 Å². The van der Waals surface area contributed by atoms with Gasteiger partial charge in [-0.3, -0.25) is 0 Å². The highest BCUT2D eigenvalue weighted by atomic mass is 32.2. The number of nitrogens with one attached hydrogen (secondary N) is 1. The summed E-state index contributed by atoms with van der Waals surface area (Å²) in [6, 6.07) is 0. The highest BCUT2D eigenvalue weighted by Gasteiger charge is 2.21. The molecule has 1 atom stereocenters. The zero-order valence-corrected chi connectivity index (χ0v) is 13.2. The van der Waals surface area contributed by atoms with E-state index in [9.17, 15) is 0 Å². The van der Waals surface area contributed by atoms with Gasteiger partial charge in [0, 0.05) is 17.3 Å². The van der Waals surface area contributed by atoms with Crippen molar-refractivity contribution in [3.05, 3.63) is 0 Å². The molecule has 1 aliphatic rings. The van der Waals surface area contributed by atoms with Gasteiger partial charge in [0.25, 0.3) is 0 Å². The molecule has 0 saturated heterocycles. The fraction of sp³-hybridized carbons (Fsp3) is 1.00. The smallest absolute Gasteiger partial charge is 0.0195 e. The van der Waals surface area contributed by atoms with Crippen molar-refractivity contribution in [2.75, 3.05) is 12.3 Å². The largest absolute Gasteiger partial charge is 0.311 e. The van der Waals surface area contributed by atoms with Crippen molar-refractivity contribution in [1.82, 2.24) is 5.32 Å². The third-order valence-electron chi connectivity index (χ3n) is 3.60. The summed E-state index contributed by atoms with van der Waals surface area (Å²) in [5.74, 6) is 3.17. The standard InChI is InChI=1S/C15H31NS/c1-12(2)14(10-16-15(3,4)5)17-11-13-8-6-7-9-13/h12-14,16H,6-11H2,1-5H3. The van der Waals surface area contributed by atoms with Gasteiger partial charge >= 0.3 is 0 Å². The fourth-order valence-corrected chi connectivity index (χ4v) is 3.77. The summed E-state index contributed by atoms with van der Waals surface area (Å²) >= 11 is 2.21. The first-order valence-corrected chi connectivity index (χ1v) is 8.30. The molecule has 1 fully saturated rings. The van der Waals surface area contributed by atoms with E-state index in [0.29, 0.717) is 0 Å². The molecule has 1 saturated carbocycles. The normalized spacial score (nSPS) is 20.1. The first kappa shape index (κ1) is 15.4. The second kappa shape index (κ2) is 7.04. The molecular formula is C15H31NS. The summed E-state index contributed by atoms with van der Waals surface area (Å²) in [6.07, 6.45) is 5.89. The Hall–Kier alpha value is 0.310. The van der Waals surface area contributed by atoms with E-state index in [1.807, 2.05) is 0 Å². The van der Waals surface area contributed by atoms with Crippen LogP contribution in [-0.4, -0.2) is 23.1 Å². The van der Waals surface area contributed by atoms with Crippen LogP contribution in [-0.2, 0) is 0 Å². The Bertz CT molecular complexity index is 201. The molecule has 0 heterocycles. The van der Waals surface area contributed by atoms with Crippen molar-refractivity contribution in [2.24, 2.45) is 11.8 Å². The van der Waals surface area contributed by atoms with Crippen LogP contribution in [0.5, 0.6) is 0 Å². The zero-order chi connectivity index (χ0) is 12.9. The molecule has 102 valence electrons. The molecule has 0 bridgehead atoms. The lowest BCUT2D eigenvalue weighted by atomic mass is 10.1. The van der Waals surface area contributed by atoms with E-state index < -0.39 is 0 Å². The van der Waals surface area contributed by atoms with Gasteiger partial charge in [-0.15, -0.1) is 0 Å². The lowest BCUT2D eigenvalue weighted by Crippen LogP contribution is -2.41. The highest BCUT2D eigenvalue weighted by molar-refractivity contribution is 7.99. The summed E-state index contributed by atoms with van der Waals surface area (Å²) in [5.41, 5.74) is 0.251. The van der Waals surface area contributed by atoms with Crippen molar-refractivity contribution in [3.63, 3.8) is 0 Å². The van der Waals surface area contributed by atoms with E-state index in [2.05, 4.69) is 51.7 Å². The van der Waals surface area contributed by atoms with Gasteiger partial charge in [-0.05, 0) is 51.2 Å². The molecule has 1 aliphatic carbocycles. The monoisotopic (exact) mass is 257 g/mol. The van der Waals surface area contributed by atoms with Crippen LogP contribution >= 0.6 is 11.8 Å². The Kier molecular flexibility index (Phi) is 6.36. The average molecular weight is 257 g/mol. The fourth-order valence-electron chi connectivity index (χ4n) is 2.33. The summed E-state index contributed by atoms with van der Waals surface area (Å²) in [7, 11) is 0. The summed E-state index contributed by atoms with van der Waals surface area (Å²) in [4.78, 5) is 0. The van der Waals surface area contributed by atoms with Gasteiger partial charge in [0.2, 0.25) is 0 Å². The first-order valence-electron chi connectivity index (χ1n) is 7.25. The van der Waals surface area contributed by atoms with E-state index >= 15 is 0 Å². The molecule has 0 aromatic rings. The SMILES string of the molecule is CC(C)C(CNC(C)(C)C)SCC1CCCC1. The van der Waals surface area contributed by atoms with Crippen LogP contribution in [0, 0.1) is 11.8 Å². The van der Waals surface area contributed by atoms with Crippen molar-refractivity contribution >= 4 is 11.8 Å². The maximum Gasteiger partial charge on any atom is 0.0195 e. The van der Waals surface area contributed by atoms with Gasteiger partial charge < -0.3 is 5.32 Å². The topological polar surface area (TPSA) is 12.0 Å². The van der Waals surface area contributed by atoms with Crippen LogP contribution in [0.4, 0.5) is 0 Å². The second-order valence-electron chi connectivity index (χ2n) is 6.90. The Balaban J connectivity index is 2.27. The average Bonchev–Trinajstić information content (AvgIpc) is 2.68. The minimum absolute atomic E-state index is 0.251. The third-order valence-corrected chi connectivity index (χ3v) is 5.40. The van der Waals surface area contributed by atoms with E-state index in [1.54, 1.807) is 0 Å². The second-order valence-corrected chi connectivity index (χ2v) is 8.17. The van der Waals surface area contributed by atoms with E-state index in [-0.39, 0.29) is 5.54 Å². The van der Waals surface area contributed by atoms with Crippen molar-refractivity contribution < 1.29 is 0 Å². The molecule has 0 radical (unpaired) electrons. The molecule has 2 heteroatoms. The van der Waals surface area contributed by atoms with Crippen LogP contribution < -0.4 is 5.32 Å². The van der Waals surface area contributed by atoms with Crippen LogP contribution in [0.25, 0.3) is 0 Å². The quantitative estimate of drug-likeness (QED) is 0.760. The molecule has 1 N–H and O–H groups in total. The molecule has 1 unspecified atom stereocenters. The lowest BCUT2D eigenvalue weighted by molar-refractivity contribution is 0.407. The number of hydrogen-bond donors (Lipinski definition) is 1. The Labute approximate surface area is 113 Å². The maximum absolute atomic E-state index is 3.66. The third kappa shape index (κ3) is 6.71. The van der Waals surface area contributed by atoms with Crippen molar-refractivity contribution in [3.8, 4) is 0 Å². The van der Waals surface area contributed by atoms with Crippen molar-refractivity contribution in [1.29, 1.82) is 0 Å². The lowest BCUT2D eigenvalue weighted by Gasteiger charge is -2.28. The molecule has 0 amide bonds. The molecular weight excluding hydrogens is 226 g/mol. The minimum atomic E-state index is 0.251. The first-order chi connectivity index (χ1) is 7.88. The molecule has 17 heavy (non-hydrogen) atoms. The Morgan fingerprint density at radius 3 is 2.24 bits per heavy atom. The van der Waals surface area contributed by atoms with E-state index in [4.69, 9.17) is 0 Å². The molecule has 0 aromatic carbocycles. The predicted molar refractivity (Wildman–Crippen MR) is 80.8 cm³/mol. The summed E-state index contributed by atoms with van der Waals surface area (Å²) < 4.78 is 0. The molecule has 0 aliphatic heterocycles. The van der Waals surface area contributed by atoms with Gasteiger partial charge in [-0.2, -0.15) is 11.8 Å². The van der Waals surface area contributed by atoms with Crippen LogP contribution in [0.2, 0.25) is 0 Å². The van der Waals surface area contributed by atoms with Crippen molar-refractivity contribution in [2.45, 2.75) is 71.1 Å². The maximum atomic E-state index is 3.66. The molecule has 0 aromatic heterocycles.